The number of carbonyl (C=O) groups excluding carboxylic acids is 2. The number of benzene rings is 1. The lowest BCUT2D eigenvalue weighted by molar-refractivity contribution is 0.102. The minimum Gasteiger partial charge on any atom is -0.320 e. The Morgan fingerprint density at radius 2 is 1.79 bits per heavy atom. The molecule has 8 heteroatoms. The van der Waals surface area contributed by atoms with E-state index in [1.807, 2.05) is 0 Å². The molecular weight excluding hydrogens is 378 g/mol. The predicted octanol–water partition coefficient (Wildman–Crippen LogP) is 3.91. The molecule has 4 rings (SSSR count). The number of halogens is 1. The molecule has 2 aromatic heterocycles. The molecule has 2 amide bonds. The van der Waals surface area contributed by atoms with Crippen molar-refractivity contribution in [2.24, 2.45) is 0 Å². The summed E-state index contributed by atoms with van der Waals surface area (Å²) in [6.45, 7) is 0. The zero-order valence-electron chi connectivity index (χ0n) is 14.7. The zero-order chi connectivity index (χ0) is 19.5. The number of para-hydroxylation sites is 1. The largest absolute Gasteiger partial charge is 0.320 e. The number of hydrogen-bond donors (Lipinski definition) is 2. The standard InChI is InChI=1S/C20H16ClN5O2/c21-13-7-8-17(23-11-13)26-19(27)14-3-1-2-4-15(14)25-20(28)16-9-10-22-18(24-16)12-5-6-12/h1-4,7-12H,5-6H2,(H,25,28)(H,23,26,27). The van der Waals surface area contributed by atoms with Crippen LogP contribution in [0.2, 0.25) is 5.02 Å². The molecule has 3 aromatic rings. The van der Waals surface area contributed by atoms with Crippen LogP contribution in [-0.2, 0) is 0 Å². The molecule has 1 saturated carbocycles. The number of pyridine rings is 1. The maximum atomic E-state index is 12.6. The first-order valence-electron chi connectivity index (χ1n) is 8.76. The molecule has 0 radical (unpaired) electrons. The van der Waals surface area contributed by atoms with E-state index in [0.29, 0.717) is 33.8 Å². The molecule has 7 nitrogen and oxygen atoms in total. The van der Waals surface area contributed by atoms with E-state index < -0.39 is 11.8 Å². The van der Waals surface area contributed by atoms with Gasteiger partial charge in [0.15, 0.2) is 0 Å². The van der Waals surface area contributed by atoms with Crippen LogP contribution >= 0.6 is 11.6 Å². The summed E-state index contributed by atoms with van der Waals surface area (Å²) >= 11 is 5.81. The van der Waals surface area contributed by atoms with Gasteiger partial charge in [0.2, 0.25) is 0 Å². The molecule has 0 bridgehead atoms. The molecule has 1 aromatic carbocycles. The normalized spacial score (nSPS) is 13.0. The Morgan fingerprint density at radius 3 is 2.54 bits per heavy atom. The van der Waals surface area contributed by atoms with Gasteiger partial charge in [0, 0.05) is 18.3 Å². The van der Waals surface area contributed by atoms with E-state index in [-0.39, 0.29) is 5.69 Å². The van der Waals surface area contributed by atoms with Gasteiger partial charge in [-0.15, -0.1) is 0 Å². The zero-order valence-corrected chi connectivity index (χ0v) is 15.5. The van der Waals surface area contributed by atoms with Gasteiger partial charge in [0.25, 0.3) is 11.8 Å². The number of carbonyl (C=O) groups is 2. The quantitative estimate of drug-likeness (QED) is 0.685. The predicted molar refractivity (Wildman–Crippen MR) is 106 cm³/mol. The van der Waals surface area contributed by atoms with Gasteiger partial charge in [-0.05, 0) is 43.2 Å². The number of hydrogen-bond acceptors (Lipinski definition) is 5. The summed E-state index contributed by atoms with van der Waals surface area (Å²) in [4.78, 5) is 37.8. The van der Waals surface area contributed by atoms with Gasteiger partial charge in [0.1, 0.15) is 17.3 Å². The lowest BCUT2D eigenvalue weighted by Gasteiger charge is -2.11. The van der Waals surface area contributed by atoms with Gasteiger partial charge in [-0.3, -0.25) is 9.59 Å². The molecule has 0 spiro atoms. The average Bonchev–Trinajstić information content (AvgIpc) is 3.55. The minimum absolute atomic E-state index is 0.270. The molecule has 28 heavy (non-hydrogen) atoms. The summed E-state index contributed by atoms with van der Waals surface area (Å²) in [7, 11) is 0. The van der Waals surface area contributed by atoms with Crippen LogP contribution in [0.5, 0.6) is 0 Å². The number of anilines is 2. The summed E-state index contributed by atoms with van der Waals surface area (Å²) in [5, 5.41) is 5.92. The van der Waals surface area contributed by atoms with Gasteiger partial charge in [-0.1, -0.05) is 23.7 Å². The monoisotopic (exact) mass is 393 g/mol. The van der Waals surface area contributed by atoms with Crippen LogP contribution in [0.1, 0.15) is 45.4 Å². The number of aromatic nitrogens is 3. The van der Waals surface area contributed by atoms with Crippen molar-refractivity contribution < 1.29 is 9.59 Å². The molecule has 0 saturated heterocycles. The summed E-state index contributed by atoms with van der Waals surface area (Å²) in [5.74, 6) is 0.604. The Morgan fingerprint density at radius 1 is 0.964 bits per heavy atom. The third kappa shape index (κ3) is 4.15. The van der Waals surface area contributed by atoms with Crippen molar-refractivity contribution in [3.63, 3.8) is 0 Å². The highest BCUT2D eigenvalue weighted by molar-refractivity contribution is 6.30. The lowest BCUT2D eigenvalue weighted by Crippen LogP contribution is -2.19. The van der Waals surface area contributed by atoms with Crippen LogP contribution in [0, 0.1) is 0 Å². The van der Waals surface area contributed by atoms with Gasteiger partial charge in [-0.2, -0.15) is 0 Å². The van der Waals surface area contributed by atoms with Gasteiger partial charge >= 0.3 is 0 Å². The molecule has 0 atom stereocenters. The molecule has 1 aliphatic carbocycles. The molecule has 0 unspecified atom stereocenters. The Labute approximate surface area is 166 Å². The van der Waals surface area contributed by atoms with E-state index in [0.717, 1.165) is 12.8 Å². The Bertz CT molecular complexity index is 1030. The molecule has 2 N–H and O–H groups in total. The SMILES string of the molecule is O=C(Nc1ccccc1C(=O)Nc1ccc(Cl)cn1)c1ccnc(C2CC2)n1. The van der Waals surface area contributed by atoms with E-state index in [1.165, 1.54) is 6.20 Å². The maximum absolute atomic E-state index is 12.6. The van der Waals surface area contributed by atoms with E-state index in [1.54, 1.807) is 48.7 Å². The second-order valence-corrected chi connectivity index (χ2v) is 6.83. The fourth-order valence-electron chi connectivity index (χ4n) is 2.65. The van der Waals surface area contributed by atoms with Crippen molar-refractivity contribution in [3.8, 4) is 0 Å². The first-order chi connectivity index (χ1) is 13.6. The van der Waals surface area contributed by atoms with Crippen LogP contribution in [0.15, 0.2) is 54.9 Å². The summed E-state index contributed by atoms with van der Waals surface area (Å²) in [5.41, 5.74) is 0.959. The first kappa shape index (κ1) is 18.1. The van der Waals surface area contributed by atoms with Crippen molar-refractivity contribution in [3.05, 3.63) is 77.0 Å². The number of nitrogens with zero attached hydrogens (tertiary/aromatic N) is 3. The fourth-order valence-corrected chi connectivity index (χ4v) is 2.76. The highest BCUT2D eigenvalue weighted by atomic mass is 35.5. The van der Waals surface area contributed by atoms with Crippen molar-refractivity contribution in [2.75, 3.05) is 10.6 Å². The molecule has 0 aliphatic heterocycles. The lowest BCUT2D eigenvalue weighted by atomic mass is 10.1. The van der Waals surface area contributed by atoms with E-state index in [4.69, 9.17) is 11.6 Å². The molecule has 1 aliphatic rings. The highest BCUT2D eigenvalue weighted by Gasteiger charge is 2.27. The molecule has 2 heterocycles. The van der Waals surface area contributed by atoms with Crippen molar-refractivity contribution in [2.45, 2.75) is 18.8 Å². The second kappa shape index (κ2) is 7.74. The summed E-state index contributed by atoms with van der Waals surface area (Å²) < 4.78 is 0. The number of nitrogens with one attached hydrogen (secondary N) is 2. The average molecular weight is 394 g/mol. The third-order valence-corrected chi connectivity index (χ3v) is 4.46. The first-order valence-corrected chi connectivity index (χ1v) is 9.14. The van der Waals surface area contributed by atoms with Gasteiger partial charge in [0.05, 0.1) is 16.3 Å². The number of amides is 2. The van der Waals surface area contributed by atoms with E-state index in [9.17, 15) is 9.59 Å². The summed E-state index contributed by atoms with van der Waals surface area (Å²) in [6, 6.07) is 11.5. The van der Waals surface area contributed by atoms with Crippen LogP contribution < -0.4 is 10.6 Å². The maximum Gasteiger partial charge on any atom is 0.274 e. The summed E-state index contributed by atoms with van der Waals surface area (Å²) in [6.07, 6.45) is 5.12. The number of rotatable bonds is 5. The molecule has 140 valence electrons. The highest BCUT2D eigenvalue weighted by Crippen LogP contribution is 2.37. The van der Waals surface area contributed by atoms with Crippen LogP contribution in [0.4, 0.5) is 11.5 Å². The van der Waals surface area contributed by atoms with Crippen molar-refractivity contribution >= 4 is 34.9 Å². The Kier molecular flexibility index (Phi) is 4.99. The molecular formula is C20H16ClN5O2. The fraction of sp³-hybridized carbons (Fsp3) is 0.150. The smallest absolute Gasteiger partial charge is 0.274 e. The van der Waals surface area contributed by atoms with Crippen molar-refractivity contribution in [1.29, 1.82) is 0 Å². The van der Waals surface area contributed by atoms with E-state index >= 15 is 0 Å². The Balaban J connectivity index is 1.52. The minimum atomic E-state index is -0.396. The van der Waals surface area contributed by atoms with Crippen LogP contribution in [-0.4, -0.2) is 26.8 Å². The Hall–Kier alpha value is -3.32. The van der Waals surface area contributed by atoms with Crippen LogP contribution in [0.25, 0.3) is 0 Å². The van der Waals surface area contributed by atoms with Crippen molar-refractivity contribution in [1.82, 2.24) is 15.0 Å². The van der Waals surface area contributed by atoms with Gasteiger partial charge < -0.3 is 10.6 Å². The second-order valence-electron chi connectivity index (χ2n) is 6.39. The molecule has 1 fully saturated rings. The van der Waals surface area contributed by atoms with Crippen LogP contribution in [0.3, 0.4) is 0 Å². The van der Waals surface area contributed by atoms with Gasteiger partial charge in [-0.25, -0.2) is 15.0 Å². The topological polar surface area (TPSA) is 96.9 Å². The third-order valence-electron chi connectivity index (χ3n) is 4.24. The van der Waals surface area contributed by atoms with E-state index in [2.05, 4.69) is 25.6 Å².